The van der Waals surface area contributed by atoms with Crippen LogP contribution in [0.4, 0.5) is 4.79 Å². The first-order valence-corrected chi connectivity index (χ1v) is 12.3. The van der Waals surface area contributed by atoms with E-state index in [1.165, 1.54) is 19.3 Å². The fraction of sp³-hybridized carbons (Fsp3) is 0.875. The topological polar surface area (TPSA) is 86.3 Å². The van der Waals surface area contributed by atoms with Crippen LogP contribution in [0.15, 0.2) is 4.99 Å². The fourth-order valence-electron chi connectivity index (χ4n) is 5.29. The third-order valence-corrected chi connectivity index (χ3v) is 7.15. The molecule has 2 N–H and O–H groups in total. The zero-order valence-electron chi connectivity index (χ0n) is 20.8. The Morgan fingerprint density at radius 2 is 1.75 bits per heavy atom. The van der Waals surface area contributed by atoms with Gasteiger partial charge in [0.2, 0.25) is 5.91 Å². The van der Waals surface area contributed by atoms with Crippen molar-refractivity contribution in [1.82, 2.24) is 20.4 Å². The highest BCUT2D eigenvalue weighted by molar-refractivity contribution is 5.85. The standard InChI is InChI=1S/C24H43N5O3/c1-16-9-7-8-10-19(16)26-22(25-13-21(30)28(5)6)29-14-17-11-12-20(18(17)15-29)27-23(31)32-24(2,3)4/h16-20H,7-15H2,1-6H3,(H,25,26)(H,27,31). The van der Waals surface area contributed by atoms with E-state index in [4.69, 9.17) is 9.73 Å². The van der Waals surface area contributed by atoms with E-state index in [9.17, 15) is 9.59 Å². The van der Waals surface area contributed by atoms with Crippen molar-refractivity contribution in [1.29, 1.82) is 0 Å². The molecule has 32 heavy (non-hydrogen) atoms. The molecule has 3 aliphatic rings. The van der Waals surface area contributed by atoms with Crippen molar-refractivity contribution < 1.29 is 14.3 Å². The molecule has 1 heterocycles. The number of rotatable bonds is 4. The highest BCUT2D eigenvalue weighted by Gasteiger charge is 2.44. The van der Waals surface area contributed by atoms with Gasteiger partial charge in [0.25, 0.3) is 0 Å². The third kappa shape index (κ3) is 6.51. The molecule has 1 aliphatic heterocycles. The van der Waals surface area contributed by atoms with Gasteiger partial charge in [0, 0.05) is 45.2 Å². The molecule has 0 aromatic rings. The summed E-state index contributed by atoms with van der Waals surface area (Å²) >= 11 is 0. The number of nitrogens with one attached hydrogen (secondary N) is 2. The van der Waals surface area contributed by atoms with Crippen molar-refractivity contribution >= 4 is 18.0 Å². The van der Waals surface area contributed by atoms with Gasteiger partial charge in [-0.3, -0.25) is 4.79 Å². The second-order valence-corrected chi connectivity index (χ2v) is 11.1. The first-order valence-electron chi connectivity index (χ1n) is 12.3. The van der Waals surface area contributed by atoms with Crippen LogP contribution in [-0.4, -0.2) is 79.2 Å². The third-order valence-electron chi connectivity index (χ3n) is 7.15. The fourth-order valence-corrected chi connectivity index (χ4v) is 5.29. The number of fused-ring (bicyclic) bond motifs is 1. The van der Waals surface area contributed by atoms with Crippen LogP contribution in [-0.2, 0) is 9.53 Å². The SMILES string of the molecule is CC1CCCCC1NC(=NCC(=O)N(C)C)N1CC2CCC(NC(=O)OC(C)(C)C)C2C1. The lowest BCUT2D eigenvalue weighted by Crippen LogP contribution is -2.49. The molecule has 2 saturated carbocycles. The molecule has 0 bridgehead atoms. The Labute approximate surface area is 193 Å². The van der Waals surface area contributed by atoms with Crippen LogP contribution in [0.3, 0.4) is 0 Å². The number of nitrogens with zero attached hydrogens (tertiary/aromatic N) is 3. The Kier molecular flexibility index (Phi) is 7.93. The number of likely N-dealkylation sites (N-methyl/N-ethyl adjacent to an activating group) is 1. The number of carbonyl (C=O) groups excluding carboxylic acids is 2. The molecule has 2 aliphatic carbocycles. The molecule has 8 heteroatoms. The first kappa shape index (κ1) is 24.6. The van der Waals surface area contributed by atoms with E-state index in [0.29, 0.717) is 23.8 Å². The minimum absolute atomic E-state index is 0.00449. The normalized spacial score (nSPS) is 30.6. The Bertz CT molecular complexity index is 702. The second-order valence-electron chi connectivity index (χ2n) is 11.1. The number of carbonyl (C=O) groups is 2. The van der Waals surface area contributed by atoms with Crippen LogP contribution in [0.25, 0.3) is 0 Å². The van der Waals surface area contributed by atoms with E-state index in [0.717, 1.165) is 38.3 Å². The zero-order valence-corrected chi connectivity index (χ0v) is 20.8. The number of alkyl carbamates (subject to hydrolysis) is 1. The number of aliphatic imine (C=N–C) groups is 1. The molecular formula is C24H43N5O3. The summed E-state index contributed by atoms with van der Waals surface area (Å²) < 4.78 is 5.48. The summed E-state index contributed by atoms with van der Waals surface area (Å²) in [5.74, 6) is 2.36. The molecule has 0 radical (unpaired) electrons. The Morgan fingerprint density at radius 1 is 1.03 bits per heavy atom. The van der Waals surface area contributed by atoms with Gasteiger partial charge in [-0.1, -0.05) is 19.8 Å². The van der Waals surface area contributed by atoms with Crippen LogP contribution >= 0.6 is 0 Å². The van der Waals surface area contributed by atoms with Crippen LogP contribution in [0, 0.1) is 17.8 Å². The van der Waals surface area contributed by atoms with Crippen LogP contribution in [0.1, 0.15) is 66.2 Å². The lowest BCUT2D eigenvalue weighted by Gasteiger charge is -2.34. The molecule has 3 rings (SSSR count). The Morgan fingerprint density at radius 3 is 2.41 bits per heavy atom. The average molecular weight is 450 g/mol. The molecule has 5 unspecified atom stereocenters. The smallest absolute Gasteiger partial charge is 0.407 e. The highest BCUT2D eigenvalue weighted by Crippen LogP contribution is 2.38. The van der Waals surface area contributed by atoms with Gasteiger partial charge in [0.05, 0.1) is 0 Å². The molecule has 2 amide bonds. The molecule has 8 nitrogen and oxygen atoms in total. The van der Waals surface area contributed by atoms with Crippen LogP contribution < -0.4 is 10.6 Å². The van der Waals surface area contributed by atoms with Gasteiger partial charge < -0.3 is 25.2 Å². The van der Waals surface area contributed by atoms with Crippen molar-refractivity contribution in [2.24, 2.45) is 22.7 Å². The lowest BCUT2D eigenvalue weighted by molar-refractivity contribution is -0.127. The summed E-state index contributed by atoms with van der Waals surface area (Å²) in [5, 5.41) is 6.82. The number of ether oxygens (including phenoxy) is 1. The molecule has 1 saturated heterocycles. The second kappa shape index (κ2) is 10.3. The molecular weight excluding hydrogens is 406 g/mol. The quantitative estimate of drug-likeness (QED) is 0.509. The van der Waals surface area contributed by atoms with Crippen molar-refractivity contribution in [3.8, 4) is 0 Å². The number of likely N-dealkylation sites (tertiary alicyclic amines) is 1. The summed E-state index contributed by atoms with van der Waals surface area (Å²) in [6.45, 7) is 9.88. The summed E-state index contributed by atoms with van der Waals surface area (Å²) in [4.78, 5) is 33.2. The van der Waals surface area contributed by atoms with Gasteiger partial charge in [-0.2, -0.15) is 0 Å². The maximum absolute atomic E-state index is 12.3. The Hall–Kier alpha value is -1.99. The highest BCUT2D eigenvalue weighted by atomic mass is 16.6. The molecule has 3 fully saturated rings. The van der Waals surface area contributed by atoms with Gasteiger partial charge in [-0.25, -0.2) is 9.79 Å². The molecule has 182 valence electrons. The maximum atomic E-state index is 12.3. The molecule has 0 aromatic heterocycles. The van der Waals surface area contributed by atoms with E-state index in [1.54, 1.807) is 19.0 Å². The van der Waals surface area contributed by atoms with E-state index < -0.39 is 5.60 Å². The van der Waals surface area contributed by atoms with Crippen molar-refractivity contribution in [3.63, 3.8) is 0 Å². The van der Waals surface area contributed by atoms with Gasteiger partial charge in [0.15, 0.2) is 5.96 Å². The number of guanidine groups is 1. The van der Waals surface area contributed by atoms with Gasteiger partial charge in [-0.15, -0.1) is 0 Å². The summed E-state index contributed by atoms with van der Waals surface area (Å²) in [5.41, 5.74) is -0.497. The van der Waals surface area contributed by atoms with Crippen molar-refractivity contribution in [2.45, 2.75) is 83.9 Å². The summed E-state index contributed by atoms with van der Waals surface area (Å²) in [6, 6.07) is 0.520. The zero-order chi connectivity index (χ0) is 23.5. The van der Waals surface area contributed by atoms with Gasteiger partial charge >= 0.3 is 6.09 Å². The lowest BCUT2D eigenvalue weighted by atomic mass is 9.86. The monoisotopic (exact) mass is 449 g/mol. The van der Waals surface area contributed by atoms with Crippen molar-refractivity contribution in [2.75, 3.05) is 33.7 Å². The summed E-state index contributed by atoms with van der Waals surface area (Å²) in [6.07, 6.45) is 6.64. The number of amides is 2. The molecule has 5 atom stereocenters. The van der Waals surface area contributed by atoms with E-state index in [1.807, 2.05) is 20.8 Å². The van der Waals surface area contributed by atoms with E-state index in [-0.39, 0.29) is 24.6 Å². The molecule has 0 spiro atoms. The Balaban J connectivity index is 1.67. The predicted octanol–water partition coefficient (Wildman–Crippen LogP) is 2.83. The minimum Gasteiger partial charge on any atom is -0.444 e. The largest absolute Gasteiger partial charge is 0.444 e. The number of hydrogen-bond acceptors (Lipinski definition) is 4. The average Bonchev–Trinajstić information content (AvgIpc) is 3.26. The van der Waals surface area contributed by atoms with Gasteiger partial charge in [-0.05, 0) is 58.3 Å². The first-order chi connectivity index (χ1) is 15.0. The van der Waals surface area contributed by atoms with Crippen molar-refractivity contribution in [3.05, 3.63) is 0 Å². The van der Waals surface area contributed by atoms with Crippen LogP contribution in [0.2, 0.25) is 0 Å². The maximum Gasteiger partial charge on any atom is 0.407 e. The predicted molar refractivity (Wildman–Crippen MR) is 126 cm³/mol. The van der Waals surface area contributed by atoms with Crippen LogP contribution in [0.5, 0.6) is 0 Å². The number of hydrogen-bond donors (Lipinski definition) is 2. The van der Waals surface area contributed by atoms with Gasteiger partial charge in [0.1, 0.15) is 12.1 Å². The van der Waals surface area contributed by atoms with E-state index >= 15 is 0 Å². The molecule has 0 aromatic carbocycles. The summed E-state index contributed by atoms with van der Waals surface area (Å²) in [7, 11) is 3.53. The minimum atomic E-state index is -0.497. The van der Waals surface area contributed by atoms with E-state index in [2.05, 4.69) is 22.5 Å².